The van der Waals surface area contributed by atoms with Gasteiger partial charge >= 0.3 is 0 Å². The summed E-state index contributed by atoms with van der Waals surface area (Å²) in [5.74, 6) is 0.942. The summed E-state index contributed by atoms with van der Waals surface area (Å²) in [6.07, 6.45) is 8.98. The molecule has 2 aromatic carbocycles. The van der Waals surface area contributed by atoms with Gasteiger partial charge in [-0.1, -0.05) is 54.1 Å². The molecule has 32 heavy (non-hydrogen) atoms. The number of nitrogens with one attached hydrogen (secondary N) is 1. The van der Waals surface area contributed by atoms with Crippen molar-refractivity contribution in [2.45, 2.75) is 81.0 Å². The van der Waals surface area contributed by atoms with Gasteiger partial charge in [0.25, 0.3) is 0 Å². The van der Waals surface area contributed by atoms with Crippen LogP contribution in [-0.2, 0) is 23.1 Å². The minimum absolute atomic E-state index is 0.0110. The third-order valence-corrected chi connectivity index (χ3v) is 9.73. The largest absolute Gasteiger partial charge is 0.371 e. The van der Waals surface area contributed by atoms with Crippen molar-refractivity contribution in [3.05, 3.63) is 70.8 Å². The second kappa shape index (κ2) is 6.91. The summed E-state index contributed by atoms with van der Waals surface area (Å²) in [5.41, 5.74) is 6.28. The lowest BCUT2D eigenvalue weighted by molar-refractivity contribution is -0.263. The van der Waals surface area contributed by atoms with Gasteiger partial charge in [0, 0.05) is 30.1 Å². The molecule has 1 unspecified atom stereocenters. The number of benzene rings is 2. The Morgan fingerprint density at radius 3 is 2.72 bits per heavy atom. The van der Waals surface area contributed by atoms with Gasteiger partial charge in [0.05, 0.1) is 12.2 Å². The normalized spacial score (nSPS) is 37.7. The Kier molecular flexibility index (Phi) is 4.27. The maximum Gasteiger partial charge on any atom is 0.0938 e. The van der Waals surface area contributed by atoms with Crippen molar-refractivity contribution in [2.75, 3.05) is 19.7 Å². The van der Waals surface area contributed by atoms with Crippen molar-refractivity contribution in [1.29, 1.82) is 0 Å². The molecule has 2 aromatic rings. The topological polar surface area (TPSA) is 24.5 Å². The van der Waals surface area contributed by atoms with Gasteiger partial charge in [0.15, 0.2) is 0 Å². The van der Waals surface area contributed by atoms with Crippen LogP contribution in [0, 0.1) is 12.8 Å². The first-order valence-electron chi connectivity index (χ1n) is 12.9. The molecule has 5 fully saturated rings. The maximum absolute atomic E-state index is 7.14. The summed E-state index contributed by atoms with van der Waals surface area (Å²) in [6.45, 7) is 6.61. The van der Waals surface area contributed by atoms with E-state index in [1.165, 1.54) is 69.2 Å². The molecule has 3 heterocycles. The maximum atomic E-state index is 7.14. The van der Waals surface area contributed by atoms with Crippen molar-refractivity contribution in [2.24, 2.45) is 5.92 Å². The van der Waals surface area contributed by atoms with Gasteiger partial charge in [0.2, 0.25) is 0 Å². The van der Waals surface area contributed by atoms with Crippen LogP contribution in [0.4, 0.5) is 0 Å². The summed E-state index contributed by atoms with van der Waals surface area (Å²) in [4.78, 5) is 2.86. The zero-order chi connectivity index (χ0) is 21.4. The minimum atomic E-state index is 0.0110. The molecule has 3 nitrogen and oxygen atoms in total. The molecule has 0 radical (unpaired) electrons. The van der Waals surface area contributed by atoms with E-state index in [-0.39, 0.29) is 16.6 Å². The highest BCUT2D eigenvalue weighted by molar-refractivity contribution is 5.48. The highest BCUT2D eigenvalue weighted by atomic mass is 16.5. The van der Waals surface area contributed by atoms with Crippen molar-refractivity contribution in [3.8, 4) is 0 Å². The van der Waals surface area contributed by atoms with Gasteiger partial charge in [-0.3, -0.25) is 4.90 Å². The molecule has 2 saturated carbocycles. The Labute approximate surface area is 192 Å². The first-order chi connectivity index (χ1) is 15.6. The van der Waals surface area contributed by atoms with E-state index < -0.39 is 0 Å². The summed E-state index contributed by atoms with van der Waals surface area (Å²) in [6, 6.07) is 18.7. The Bertz CT molecular complexity index is 1020. The molecule has 4 atom stereocenters. The second-order valence-corrected chi connectivity index (χ2v) is 11.6. The van der Waals surface area contributed by atoms with E-state index >= 15 is 0 Å². The van der Waals surface area contributed by atoms with Crippen LogP contribution < -0.4 is 5.32 Å². The average molecular weight is 429 g/mol. The lowest BCUT2D eigenvalue weighted by atomic mass is 9.45. The quantitative estimate of drug-likeness (QED) is 0.743. The monoisotopic (exact) mass is 428 g/mol. The number of nitrogens with zero attached hydrogens (tertiary/aromatic N) is 1. The minimum Gasteiger partial charge on any atom is -0.371 e. The third-order valence-electron chi connectivity index (χ3n) is 9.73. The smallest absolute Gasteiger partial charge is 0.0938 e. The molecule has 4 bridgehead atoms. The van der Waals surface area contributed by atoms with E-state index in [2.05, 4.69) is 65.7 Å². The van der Waals surface area contributed by atoms with Gasteiger partial charge in [-0.05, 0) is 81.0 Å². The van der Waals surface area contributed by atoms with E-state index in [0.29, 0.717) is 6.04 Å². The molecule has 3 saturated heterocycles. The molecule has 6 aliphatic rings. The lowest BCUT2D eigenvalue weighted by Gasteiger charge is -2.72. The number of rotatable bonds is 5. The zero-order valence-corrected chi connectivity index (χ0v) is 19.4. The van der Waals surface area contributed by atoms with Crippen LogP contribution in [0.3, 0.4) is 0 Å². The van der Waals surface area contributed by atoms with Crippen LogP contribution in [-0.4, -0.2) is 41.8 Å². The van der Waals surface area contributed by atoms with Crippen molar-refractivity contribution in [1.82, 2.24) is 10.2 Å². The van der Waals surface area contributed by atoms with Crippen LogP contribution in [0.15, 0.2) is 48.5 Å². The molecular weight excluding hydrogens is 392 g/mol. The number of hydrogen-bond donors (Lipinski definition) is 1. The fraction of sp³-hybridized carbons (Fsp3) is 0.586. The molecule has 3 aliphatic heterocycles. The SMILES string of the molecule is Cc1ccc2c(c1)[C@]13CCN(CC4CC4)[C@H](C2)[C@]12CCC(NCc1ccccc1)(CO2)C3. The van der Waals surface area contributed by atoms with E-state index in [4.69, 9.17) is 4.74 Å². The Morgan fingerprint density at radius 2 is 1.94 bits per heavy atom. The highest BCUT2D eigenvalue weighted by Crippen LogP contribution is 2.64. The first-order valence-corrected chi connectivity index (χ1v) is 12.9. The predicted molar refractivity (Wildman–Crippen MR) is 128 cm³/mol. The van der Waals surface area contributed by atoms with Crippen LogP contribution in [0.1, 0.15) is 60.8 Å². The first kappa shape index (κ1) is 19.8. The average Bonchev–Trinajstić information content (AvgIpc) is 3.65. The van der Waals surface area contributed by atoms with E-state index in [9.17, 15) is 0 Å². The standard InChI is InChI=1S/C29H36N2O/c1-21-7-10-24-16-26-29-12-11-27(20-32-29,30-17-22-5-3-2-4-6-22)19-28(29,25(24)15-21)13-14-31(26)18-23-8-9-23/h2-7,10,15,23,26,30H,8-9,11-14,16-20H2,1H3/t26-,27?,28-,29-/m1/s1. The van der Waals surface area contributed by atoms with Gasteiger partial charge < -0.3 is 10.1 Å². The van der Waals surface area contributed by atoms with Gasteiger partial charge in [-0.25, -0.2) is 0 Å². The molecule has 3 aliphatic carbocycles. The molecule has 0 aromatic heterocycles. The Morgan fingerprint density at radius 1 is 1.06 bits per heavy atom. The van der Waals surface area contributed by atoms with Gasteiger partial charge in [-0.15, -0.1) is 0 Å². The highest BCUT2D eigenvalue weighted by Gasteiger charge is 2.71. The zero-order valence-electron chi connectivity index (χ0n) is 19.4. The summed E-state index contributed by atoms with van der Waals surface area (Å²) in [5, 5.41) is 4.03. The van der Waals surface area contributed by atoms with Crippen LogP contribution >= 0.6 is 0 Å². The molecule has 0 amide bonds. The molecule has 3 heteroatoms. The van der Waals surface area contributed by atoms with Crippen LogP contribution in [0.25, 0.3) is 0 Å². The van der Waals surface area contributed by atoms with Gasteiger partial charge in [0.1, 0.15) is 0 Å². The number of hydrogen-bond acceptors (Lipinski definition) is 3. The second-order valence-electron chi connectivity index (χ2n) is 11.6. The fourth-order valence-corrected chi connectivity index (χ4v) is 7.96. The van der Waals surface area contributed by atoms with E-state index in [1.54, 1.807) is 11.1 Å². The van der Waals surface area contributed by atoms with Crippen LogP contribution in [0.5, 0.6) is 0 Å². The van der Waals surface area contributed by atoms with Crippen molar-refractivity contribution in [3.63, 3.8) is 0 Å². The molecule has 168 valence electrons. The van der Waals surface area contributed by atoms with E-state index in [0.717, 1.165) is 19.1 Å². The lowest BCUT2D eigenvalue weighted by Crippen LogP contribution is -2.81. The molecule has 1 spiro atoms. The summed E-state index contributed by atoms with van der Waals surface area (Å²) >= 11 is 0. The Balaban J connectivity index is 1.28. The summed E-state index contributed by atoms with van der Waals surface area (Å²) in [7, 11) is 0. The number of ether oxygens (including phenoxy) is 1. The fourth-order valence-electron chi connectivity index (χ4n) is 7.96. The van der Waals surface area contributed by atoms with Crippen molar-refractivity contribution < 1.29 is 4.74 Å². The number of aryl methyl sites for hydroxylation is 1. The number of fused-ring (bicyclic) bond motifs is 3. The number of likely N-dealkylation sites (tertiary alicyclic amines) is 1. The van der Waals surface area contributed by atoms with Crippen LogP contribution in [0.2, 0.25) is 0 Å². The van der Waals surface area contributed by atoms with E-state index in [1.807, 2.05) is 0 Å². The molecule has 8 rings (SSSR count). The van der Waals surface area contributed by atoms with Crippen molar-refractivity contribution >= 4 is 0 Å². The van der Waals surface area contributed by atoms with Gasteiger partial charge in [-0.2, -0.15) is 0 Å². The third kappa shape index (κ3) is 2.77. The summed E-state index contributed by atoms with van der Waals surface area (Å²) < 4.78 is 7.14. The predicted octanol–water partition coefficient (Wildman–Crippen LogP) is 4.75. The molecular formula is C29H36N2O. The molecule has 1 N–H and O–H groups in total. The Hall–Kier alpha value is -1.68. The number of piperidine rings is 1.